The molecule has 0 saturated carbocycles. The number of nitrogens with zero attached hydrogens (tertiary/aromatic N) is 4. The van der Waals surface area contributed by atoms with Gasteiger partial charge in [0.05, 0.1) is 23.8 Å². The van der Waals surface area contributed by atoms with Crippen LogP contribution in [-0.4, -0.2) is 82.1 Å². The molecule has 2 atom stereocenters. The van der Waals surface area contributed by atoms with E-state index in [2.05, 4.69) is 41.0 Å². The molecular formula is C40H40N8O6. The maximum atomic E-state index is 12.7. The number of aromatic amines is 2. The molecule has 14 nitrogen and oxygen atoms in total. The Bertz CT molecular complexity index is 2000. The van der Waals surface area contributed by atoms with Crippen molar-refractivity contribution in [2.24, 2.45) is 0 Å². The molecule has 0 aliphatic carbocycles. The van der Waals surface area contributed by atoms with Crippen molar-refractivity contribution in [1.82, 2.24) is 41.0 Å². The van der Waals surface area contributed by atoms with Gasteiger partial charge in [0.25, 0.3) is 11.8 Å². The van der Waals surface area contributed by atoms with Crippen LogP contribution in [0.5, 0.6) is 0 Å². The quantitative estimate of drug-likeness (QED) is 0.115. The maximum Gasteiger partial charge on any atom is 0.269 e. The summed E-state index contributed by atoms with van der Waals surface area (Å²) in [5, 5.41) is 18.2. The van der Waals surface area contributed by atoms with Gasteiger partial charge in [-0.1, -0.05) is 60.7 Å². The SMILES string of the molecule is CNC(=O)c1cc(C(=O)Cc2cn[nH]c2)cc([C@@H](OC)c2ccccc2)n1.CNC(=O)c1cc(C(=O)Cc2cn[nH]c2)cc([C@H](OC)c2ccccc2)n1. The summed E-state index contributed by atoms with van der Waals surface area (Å²) in [5.41, 5.74) is 5.45. The van der Waals surface area contributed by atoms with Crippen LogP contribution in [0.25, 0.3) is 0 Å². The maximum absolute atomic E-state index is 12.7. The Morgan fingerprint density at radius 3 is 1.31 bits per heavy atom. The molecule has 0 aliphatic heterocycles. The molecule has 2 aromatic carbocycles. The number of aromatic nitrogens is 6. The summed E-state index contributed by atoms with van der Waals surface area (Å²) in [4.78, 5) is 58.6. The van der Waals surface area contributed by atoms with Crippen LogP contribution in [0.2, 0.25) is 0 Å². The summed E-state index contributed by atoms with van der Waals surface area (Å²) in [6.45, 7) is 0. The largest absolute Gasteiger partial charge is 0.370 e. The second-order valence-corrected chi connectivity index (χ2v) is 12.0. The summed E-state index contributed by atoms with van der Waals surface area (Å²) in [6.07, 6.45) is 5.91. The predicted molar refractivity (Wildman–Crippen MR) is 199 cm³/mol. The van der Waals surface area contributed by atoms with Crippen molar-refractivity contribution in [1.29, 1.82) is 0 Å². The Labute approximate surface area is 311 Å². The Balaban J connectivity index is 0.000000208. The summed E-state index contributed by atoms with van der Waals surface area (Å²) >= 11 is 0. The second kappa shape index (κ2) is 18.7. The fraction of sp³-hybridized carbons (Fsp3) is 0.200. The van der Waals surface area contributed by atoms with Gasteiger partial charge in [-0.15, -0.1) is 0 Å². The van der Waals surface area contributed by atoms with Crippen LogP contribution in [0.1, 0.15) is 87.5 Å². The number of methoxy groups -OCH3 is 2. The van der Waals surface area contributed by atoms with Crippen molar-refractivity contribution in [2.45, 2.75) is 25.0 Å². The van der Waals surface area contributed by atoms with E-state index in [1.165, 1.54) is 26.2 Å². The molecule has 0 bridgehead atoms. The number of ketones is 2. The molecule has 14 heteroatoms. The highest BCUT2D eigenvalue weighted by Crippen LogP contribution is 2.27. The van der Waals surface area contributed by atoms with Crippen LogP contribution in [0, 0.1) is 0 Å². The number of hydrogen-bond acceptors (Lipinski definition) is 10. The smallest absolute Gasteiger partial charge is 0.269 e. The molecule has 6 aromatic rings. The zero-order chi connectivity index (χ0) is 38.5. The molecule has 54 heavy (non-hydrogen) atoms. The number of pyridine rings is 2. The van der Waals surface area contributed by atoms with E-state index in [1.807, 2.05) is 60.7 Å². The zero-order valence-electron chi connectivity index (χ0n) is 30.2. The van der Waals surface area contributed by atoms with Crippen LogP contribution in [0.3, 0.4) is 0 Å². The van der Waals surface area contributed by atoms with Gasteiger partial charge in [-0.2, -0.15) is 10.2 Å². The Hall–Kier alpha value is -6.64. The molecule has 0 aliphatic rings. The average molecular weight is 729 g/mol. The fourth-order valence-corrected chi connectivity index (χ4v) is 5.62. The van der Waals surface area contributed by atoms with E-state index in [0.29, 0.717) is 22.5 Å². The third-order valence-corrected chi connectivity index (χ3v) is 8.31. The standard InChI is InChI=1S/2C20H20N4O3/c2*1-21-20(26)17-10-15(18(25)8-13-11-22-23-12-13)9-16(24-17)19(27-2)14-6-4-3-5-7-14/h2*3-7,9-12,19H,8H2,1-2H3,(H,21,26)(H,22,23)/t2*19-/m10/s1. The number of carbonyl (C=O) groups excluding carboxylic acids is 4. The molecule has 4 N–H and O–H groups in total. The summed E-state index contributed by atoms with van der Waals surface area (Å²) < 4.78 is 11.2. The van der Waals surface area contributed by atoms with E-state index >= 15 is 0 Å². The molecule has 2 amide bonds. The molecule has 0 spiro atoms. The third-order valence-electron chi connectivity index (χ3n) is 8.31. The van der Waals surface area contributed by atoms with Crippen molar-refractivity contribution >= 4 is 23.4 Å². The van der Waals surface area contributed by atoms with Crippen molar-refractivity contribution in [3.8, 4) is 0 Å². The molecule has 0 saturated heterocycles. The van der Waals surface area contributed by atoms with E-state index < -0.39 is 12.2 Å². The number of H-pyrrole nitrogens is 2. The number of rotatable bonds is 14. The van der Waals surface area contributed by atoms with Crippen molar-refractivity contribution in [3.63, 3.8) is 0 Å². The van der Waals surface area contributed by atoms with Crippen LogP contribution in [-0.2, 0) is 22.3 Å². The van der Waals surface area contributed by atoms with Gasteiger partial charge in [-0.3, -0.25) is 29.4 Å². The number of ether oxygens (including phenoxy) is 2. The number of Topliss-reactive ketones (excluding diaryl/α,β-unsaturated/α-hetero) is 2. The molecular weight excluding hydrogens is 688 g/mol. The summed E-state index contributed by atoms with van der Waals surface area (Å²) in [5.74, 6) is -0.990. The van der Waals surface area contributed by atoms with Crippen LogP contribution >= 0.6 is 0 Å². The Morgan fingerprint density at radius 2 is 1.00 bits per heavy atom. The van der Waals surface area contributed by atoms with Crippen LogP contribution < -0.4 is 10.6 Å². The molecule has 4 heterocycles. The highest BCUT2D eigenvalue weighted by atomic mass is 16.5. The minimum Gasteiger partial charge on any atom is -0.370 e. The first kappa shape index (κ1) is 38.6. The van der Waals surface area contributed by atoms with E-state index in [-0.39, 0.29) is 47.6 Å². The number of hydrogen-bond donors (Lipinski definition) is 4. The Kier molecular flexibility index (Phi) is 13.4. The first-order valence-corrected chi connectivity index (χ1v) is 16.9. The highest BCUT2D eigenvalue weighted by molar-refractivity contribution is 6.01. The minimum atomic E-state index is -0.490. The molecule has 0 fully saturated rings. The summed E-state index contributed by atoms with van der Waals surface area (Å²) in [6, 6.07) is 25.4. The predicted octanol–water partition coefficient (Wildman–Crippen LogP) is 4.65. The summed E-state index contributed by atoms with van der Waals surface area (Å²) in [7, 11) is 6.18. The van der Waals surface area contributed by atoms with Crippen molar-refractivity contribution < 1.29 is 28.7 Å². The van der Waals surface area contributed by atoms with Gasteiger partial charge in [0.15, 0.2) is 11.6 Å². The zero-order valence-corrected chi connectivity index (χ0v) is 30.2. The first-order valence-electron chi connectivity index (χ1n) is 16.9. The fourth-order valence-electron chi connectivity index (χ4n) is 5.62. The molecule has 4 aromatic heterocycles. The van der Waals surface area contributed by atoms with E-state index in [1.54, 1.807) is 51.1 Å². The van der Waals surface area contributed by atoms with Gasteiger partial charge in [0.2, 0.25) is 0 Å². The number of carbonyl (C=O) groups is 4. The normalized spacial score (nSPS) is 11.8. The van der Waals surface area contributed by atoms with Crippen molar-refractivity contribution in [2.75, 3.05) is 28.3 Å². The highest BCUT2D eigenvalue weighted by Gasteiger charge is 2.22. The van der Waals surface area contributed by atoms with Gasteiger partial charge in [0.1, 0.15) is 23.6 Å². The minimum absolute atomic E-state index is 0.131. The van der Waals surface area contributed by atoms with E-state index in [4.69, 9.17) is 9.47 Å². The molecule has 6 rings (SSSR count). The number of nitrogens with one attached hydrogen (secondary N) is 4. The van der Waals surface area contributed by atoms with Gasteiger partial charge >= 0.3 is 0 Å². The molecule has 276 valence electrons. The van der Waals surface area contributed by atoms with E-state index in [9.17, 15) is 19.2 Å². The van der Waals surface area contributed by atoms with Gasteiger partial charge in [-0.25, -0.2) is 9.97 Å². The lowest BCUT2D eigenvalue weighted by molar-refractivity contribution is 0.0945. The second-order valence-electron chi connectivity index (χ2n) is 12.0. The van der Waals surface area contributed by atoms with Crippen LogP contribution in [0.15, 0.2) is 110 Å². The van der Waals surface area contributed by atoms with Gasteiger partial charge < -0.3 is 20.1 Å². The Morgan fingerprint density at radius 1 is 0.611 bits per heavy atom. The molecule has 0 unspecified atom stereocenters. The van der Waals surface area contributed by atoms with E-state index in [0.717, 1.165) is 22.3 Å². The van der Waals surface area contributed by atoms with Gasteiger partial charge in [-0.05, 0) is 46.5 Å². The van der Waals surface area contributed by atoms with Crippen molar-refractivity contribution in [3.05, 3.63) is 166 Å². The lowest BCUT2D eigenvalue weighted by Gasteiger charge is -2.17. The lowest BCUT2D eigenvalue weighted by atomic mass is 10.00. The average Bonchev–Trinajstić information content (AvgIpc) is 3.94. The third kappa shape index (κ3) is 9.82. The number of amides is 2. The first-order chi connectivity index (χ1) is 26.2. The topological polar surface area (TPSA) is 194 Å². The lowest BCUT2D eigenvalue weighted by Crippen LogP contribution is -2.21. The number of benzene rings is 2. The molecule has 0 radical (unpaired) electrons. The monoisotopic (exact) mass is 728 g/mol. The van der Waals surface area contributed by atoms with Crippen LogP contribution in [0.4, 0.5) is 0 Å². The van der Waals surface area contributed by atoms with Gasteiger partial charge in [0, 0.05) is 64.7 Å².